The topological polar surface area (TPSA) is 35.5 Å². The van der Waals surface area contributed by atoms with E-state index in [-0.39, 0.29) is 5.56 Å². The number of esters is 1. The van der Waals surface area contributed by atoms with Gasteiger partial charge >= 0.3 is 5.97 Å². The summed E-state index contributed by atoms with van der Waals surface area (Å²) in [5, 5.41) is 0. The van der Waals surface area contributed by atoms with Crippen LogP contribution >= 0.6 is 0 Å². The summed E-state index contributed by atoms with van der Waals surface area (Å²) in [5.41, 5.74) is 2.60. The van der Waals surface area contributed by atoms with E-state index in [0.29, 0.717) is 5.56 Å². The van der Waals surface area contributed by atoms with Crippen molar-refractivity contribution < 1.29 is 18.7 Å². The van der Waals surface area contributed by atoms with Gasteiger partial charge in [-0.25, -0.2) is 9.18 Å². The van der Waals surface area contributed by atoms with Crippen LogP contribution in [0.3, 0.4) is 0 Å². The van der Waals surface area contributed by atoms with Crippen LogP contribution in [0.15, 0.2) is 36.4 Å². The van der Waals surface area contributed by atoms with E-state index in [1.807, 2.05) is 19.1 Å². The van der Waals surface area contributed by atoms with Crippen molar-refractivity contribution in [3.8, 4) is 16.9 Å². The van der Waals surface area contributed by atoms with Crippen LogP contribution in [0.1, 0.15) is 15.9 Å². The number of methoxy groups -OCH3 is 2. The molecule has 0 aromatic heterocycles. The highest BCUT2D eigenvalue weighted by Gasteiger charge is 2.11. The van der Waals surface area contributed by atoms with Crippen molar-refractivity contribution in [1.82, 2.24) is 0 Å². The Hall–Kier alpha value is -2.36. The summed E-state index contributed by atoms with van der Waals surface area (Å²) in [6, 6.07) is 9.66. The maximum atomic E-state index is 13.7. The minimum Gasteiger partial charge on any atom is -0.497 e. The molecule has 0 bridgehead atoms. The van der Waals surface area contributed by atoms with E-state index in [4.69, 9.17) is 4.74 Å². The van der Waals surface area contributed by atoms with E-state index in [9.17, 15) is 9.18 Å². The van der Waals surface area contributed by atoms with Gasteiger partial charge in [0.2, 0.25) is 0 Å². The van der Waals surface area contributed by atoms with Gasteiger partial charge in [-0.1, -0.05) is 6.07 Å². The molecule has 0 saturated carbocycles. The molecule has 0 radical (unpaired) electrons. The molecule has 0 amide bonds. The summed E-state index contributed by atoms with van der Waals surface area (Å²) >= 11 is 0. The highest BCUT2D eigenvalue weighted by atomic mass is 19.1. The highest BCUT2D eigenvalue weighted by Crippen LogP contribution is 2.28. The minimum atomic E-state index is -0.558. The van der Waals surface area contributed by atoms with Crippen LogP contribution in [0, 0.1) is 12.7 Å². The quantitative estimate of drug-likeness (QED) is 0.802. The first-order valence-electron chi connectivity index (χ1n) is 6.09. The standard InChI is InChI=1S/C16H15FO3/c1-10-6-14(19-2)4-5-15(10)11-7-12(16(18)20-3)9-13(17)8-11/h4-9H,1-3H3. The molecule has 0 aliphatic carbocycles. The second-order valence-electron chi connectivity index (χ2n) is 4.40. The van der Waals surface area contributed by atoms with Gasteiger partial charge in [0, 0.05) is 0 Å². The molecule has 0 N–H and O–H groups in total. The van der Waals surface area contributed by atoms with Crippen LogP contribution in [0.5, 0.6) is 5.75 Å². The van der Waals surface area contributed by atoms with Crippen molar-refractivity contribution in [1.29, 1.82) is 0 Å². The van der Waals surface area contributed by atoms with Crippen molar-refractivity contribution in [2.75, 3.05) is 14.2 Å². The summed E-state index contributed by atoms with van der Waals surface area (Å²) in [4.78, 5) is 11.5. The fourth-order valence-electron chi connectivity index (χ4n) is 2.07. The van der Waals surface area contributed by atoms with Crippen molar-refractivity contribution in [2.45, 2.75) is 6.92 Å². The van der Waals surface area contributed by atoms with Gasteiger partial charge in [-0.3, -0.25) is 0 Å². The Balaban J connectivity index is 2.52. The van der Waals surface area contributed by atoms with Gasteiger partial charge in [-0.15, -0.1) is 0 Å². The number of benzene rings is 2. The number of aryl methyl sites for hydroxylation is 1. The molecule has 2 aromatic carbocycles. The molecule has 0 atom stereocenters. The zero-order chi connectivity index (χ0) is 14.7. The van der Waals surface area contributed by atoms with E-state index in [1.165, 1.54) is 13.2 Å². The molecule has 3 nitrogen and oxygen atoms in total. The zero-order valence-electron chi connectivity index (χ0n) is 11.6. The fourth-order valence-corrected chi connectivity index (χ4v) is 2.07. The van der Waals surface area contributed by atoms with E-state index in [1.54, 1.807) is 19.2 Å². The maximum Gasteiger partial charge on any atom is 0.337 e. The van der Waals surface area contributed by atoms with Crippen LogP contribution < -0.4 is 4.74 Å². The smallest absolute Gasteiger partial charge is 0.337 e. The Kier molecular flexibility index (Phi) is 4.03. The molecule has 20 heavy (non-hydrogen) atoms. The monoisotopic (exact) mass is 274 g/mol. The van der Waals surface area contributed by atoms with E-state index < -0.39 is 11.8 Å². The summed E-state index contributed by atoms with van der Waals surface area (Å²) in [6.07, 6.45) is 0. The van der Waals surface area contributed by atoms with Crippen LogP contribution in [-0.4, -0.2) is 20.2 Å². The lowest BCUT2D eigenvalue weighted by Gasteiger charge is -2.10. The molecule has 104 valence electrons. The van der Waals surface area contributed by atoms with Gasteiger partial charge in [-0.2, -0.15) is 0 Å². The number of ether oxygens (including phenoxy) is 2. The number of hydrogen-bond donors (Lipinski definition) is 0. The van der Waals surface area contributed by atoms with Crippen molar-refractivity contribution in [3.63, 3.8) is 0 Å². The Bertz CT molecular complexity index is 650. The Labute approximate surface area is 117 Å². The predicted molar refractivity (Wildman–Crippen MR) is 74.5 cm³/mol. The molecule has 0 saturated heterocycles. The van der Waals surface area contributed by atoms with Crippen LogP contribution in [0.25, 0.3) is 11.1 Å². The summed E-state index contributed by atoms with van der Waals surface area (Å²) in [7, 11) is 2.86. The number of carbonyl (C=O) groups excluding carboxylic acids is 1. The molecule has 2 rings (SSSR count). The molecule has 2 aromatic rings. The van der Waals surface area contributed by atoms with Gasteiger partial charge < -0.3 is 9.47 Å². The molecule has 0 spiro atoms. The van der Waals surface area contributed by atoms with Crippen molar-refractivity contribution in [3.05, 3.63) is 53.3 Å². The Morgan fingerprint density at radius 2 is 1.85 bits per heavy atom. The van der Waals surface area contributed by atoms with Crippen LogP contribution in [-0.2, 0) is 4.74 Å². The number of hydrogen-bond acceptors (Lipinski definition) is 3. The lowest BCUT2D eigenvalue weighted by Crippen LogP contribution is -2.02. The minimum absolute atomic E-state index is 0.192. The lowest BCUT2D eigenvalue weighted by molar-refractivity contribution is 0.0600. The largest absolute Gasteiger partial charge is 0.497 e. The second-order valence-corrected chi connectivity index (χ2v) is 4.40. The van der Waals surface area contributed by atoms with E-state index in [0.717, 1.165) is 22.9 Å². The summed E-state index contributed by atoms with van der Waals surface area (Å²) < 4.78 is 23.4. The first-order valence-corrected chi connectivity index (χ1v) is 6.09. The van der Waals surface area contributed by atoms with Gasteiger partial charge in [0.25, 0.3) is 0 Å². The Morgan fingerprint density at radius 3 is 2.45 bits per heavy atom. The molecule has 0 aliphatic heterocycles. The third-order valence-electron chi connectivity index (χ3n) is 3.06. The SMILES string of the molecule is COC(=O)c1cc(F)cc(-c2ccc(OC)cc2C)c1. The number of carbonyl (C=O) groups is 1. The second kappa shape index (κ2) is 5.74. The zero-order valence-corrected chi connectivity index (χ0v) is 11.6. The van der Waals surface area contributed by atoms with E-state index >= 15 is 0 Å². The van der Waals surface area contributed by atoms with Crippen LogP contribution in [0.2, 0.25) is 0 Å². The average molecular weight is 274 g/mol. The molecule has 0 fully saturated rings. The van der Waals surface area contributed by atoms with Crippen LogP contribution in [0.4, 0.5) is 4.39 Å². The molecule has 0 unspecified atom stereocenters. The van der Waals surface area contributed by atoms with Gasteiger partial charge in [0.05, 0.1) is 19.8 Å². The number of rotatable bonds is 3. The molecular weight excluding hydrogens is 259 g/mol. The molecule has 0 aliphatic rings. The lowest BCUT2D eigenvalue weighted by atomic mass is 9.98. The van der Waals surface area contributed by atoms with Gasteiger partial charge in [-0.05, 0) is 53.9 Å². The third-order valence-corrected chi connectivity index (χ3v) is 3.06. The van der Waals surface area contributed by atoms with Crippen molar-refractivity contribution in [2.24, 2.45) is 0 Å². The van der Waals surface area contributed by atoms with Crippen molar-refractivity contribution >= 4 is 5.97 Å². The molecular formula is C16H15FO3. The molecule has 0 heterocycles. The number of halogens is 1. The normalized spacial score (nSPS) is 10.2. The predicted octanol–water partition coefficient (Wildman–Crippen LogP) is 3.60. The fraction of sp³-hybridized carbons (Fsp3) is 0.188. The maximum absolute atomic E-state index is 13.7. The first-order chi connectivity index (χ1) is 9.55. The first kappa shape index (κ1) is 14.1. The summed E-state index contributed by atoms with van der Waals surface area (Å²) in [5.74, 6) is -0.300. The Morgan fingerprint density at radius 1 is 1.10 bits per heavy atom. The van der Waals surface area contributed by atoms with E-state index in [2.05, 4.69) is 4.74 Å². The van der Waals surface area contributed by atoms with Gasteiger partial charge in [0.15, 0.2) is 0 Å². The summed E-state index contributed by atoms with van der Waals surface area (Å²) in [6.45, 7) is 1.90. The highest BCUT2D eigenvalue weighted by molar-refractivity contribution is 5.91. The molecule has 4 heteroatoms. The average Bonchev–Trinajstić information content (AvgIpc) is 2.45. The van der Waals surface area contributed by atoms with Gasteiger partial charge in [0.1, 0.15) is 11.6 Å². The third kappa shape index (κ3) is 2.79.